The maximum Gasteiger partial charge on any atom is 0.493 e. The van der Waals surface area contributed by atoms with Crippen LogP contribution in [0.2, 0.25) is 0 Å². The van der Waals surface area contributed by atoms with Gasteiger partial charge in [-0.1, -0.05) is 18.2 Å². The fourth-order valence-electron chi connectivity index (χ4n) is 2.60. The van der Waals surface area contributed by atoms with E-state index in [1.165, 1.54) is 67.8 Å². The number of ether oxygens (including phenoxy) is 1. The monoisotopic (exact) mass is 430 g/mol. The predicted molar refractivity (Wildman–Crippen MR) is 108 cm³/mol. The number of nitrogens with one attached hydrogen (secondary N) is 2. The number of alkyl halides is 3. The second kappa shape index (κ2) is 9.16. The molecule has 0 aliphatic heterocycles. The molecular formula is C21H17F3N4O3. The van der Waals surface area contributed by atoms with Gasteiger partial charge in [0.2, 0.25) is 0 Å². The lowest BCUT2D eigenvalue weighted by Gasteiger charge is -2.25. The molecule has 0 saturated carbocycles. The molecule has 0 saturated heterocycles. The molecule has 0 bridgehead atoms. The zero-order chi connectivity index (χ0) is 22.4. The Hall–Kier alpha value is -4.08. The molecule has 3 rings (SSSR count). The predicted octanol–water partition coefficient (Wildman–Crippen LogP) is 4.79. The van der Waals surface area contributed by atoms with Crippen molar-refractivity contribution < 1.29 is 27.5 Å². The first-order valence-electron chi connectivity index (χ1n) is 8.97. The maximum atomic E-state index is 13.4. The average Bonchev–Trinajstić information content (AvgIpc) is 2.74. The van der Waals surface area contributed by atoms with E-state index in [0.717, 1.165) is 0 Å². The molecule has 3 amide bonds. The minimum atomic E-state index is -4.90. The summed E-state index contributed by atoms with van der Waals surface area (Å²) in [4.78, 5) is 27.6. The Labute approximate surface area is 175 Å². The highest BCUT2D eigenvalue weighted by atomic mass is 19.4. The van der Waals surface area contributed by atoms with Gasteiger partial charge in [0.15, 0.2) is 0 Å². The molecule has 2 N–H and O–H groups in total. The molecule has 2 aromatic carbocycles. The SMILES string of the molecule is CNC(=O)c1cc(Oc2ccc(NC(=O)N(c3ccccc3)C(F)(F)F)cc2)ccn1. The molecule has 31 heavy (non-hydrogen) atoms. The molecule has 10 heteroatoms. The number of rotatable bonds is 5. The zero-order valence-electron chi connectivity index (χ0n) is 16.2. The molecular weight excluding hydrogens is 413 g/mol. The van der Waals surface area contributed by atoms with Crippen LogP contribution in [0.3, 0.4) is 0 Å². The summed E-state index contributed by atoms with van der Waals surface area (Å²) in [7, 11) is 1.47. The standard InChI is InChI=1S/C21H17F3N4O3/c1-25-19(29)18-13-17(11-12-26-18)31-16-9-7-14(8-10-16)27-20(30)28(21(22,23)24)15-5-3-2-4-6-15/h2-13H,1H3,(H,25,29)(H,27,30). The number of halogens is 3. The minimum Gasteiger partial charge on any atom is -0.457 e. The number of hydrogen-bond acceptors (Lipinski definition) is 4. The minimum absolute atomic E-state index is 0.142. The number of carbonyl (C=O) groups is 2. The van der Waals surface area contributed by atoms with E-state index >= 15 is 0 Å². The molecule has 0 aliphatic rings. The van der Waals surface area contributed by atoms with Crippen LogP contribution in [0.15, 0.2) is 72.9 Å². The summed E-state index contributed by atoms with van der Waals surface area (Å²) in [5, 5.41) is 4.67. The summed E-state index contributed by atoms with van der Waals surface area (Å²) in [5.41, 5.74) is -0.00240. The Bertz CT molecular complexity index is 1060. The van der Waals surface area contributed by atoms with E-state index in [1.807, 2.05) is 0 Å². The number of nitrogens with zero attached hydrogens (tertiary/aromatic N) is 2. The highest BCUT2D eigenvalue weighted by Crippen LogP contribution is 2.30. The number of urea groups is 1. The van der Waals surface area contributed by atoms with Crippen LogP contribution in [-0.4, -0.2) is 30.3 Å². The average molecular weight is 430 g/mol. The van der Waals surface area contributed by atoms with Gasteiger partial charge < -0.3 is 15.4 Å². The molecule has 160 valence electrons. The van der Waals surface area contributed by atoms with Gasteiger partial charge in [-0.2, -0.15) is 0 Å². The van der Waals surface area contributed by atoms with Crippen molar-refractivity contribution in [3.05, 3.63) is 78.6 Å². The number of pyridine rings is 1. The number of carbonyl (C=O) groups excluding carboxylic acids is 2. The smallest absolute Gasteiger partial charge is 0.457 e. The van der Waals surface area contributed by atoms with E-state index in [2.05, 4.69) is 15.6 Å². The lowest BCUT2D eigenvalue weighted by atomic mass is 10.3. The van der Waals surface area contributed by atoms with Gasteiger partial charge in [0, 0.05) is 25.0 Å². The van der Waals surface area contributed by atoms with Crippen molar-refractivity contribution in [1.29, 1.82) is 0 Å². The molecule has 7 nitrogen and oxygen atoms in total. The number of amides is 3. The Morgan fingerprint density at radius 1 is 0.968 bits per heavy atom. The van der Waals surface area contributed by atoms with Crippen molar-refractivity contribution in [2.45, 2.75) is 6.30 Å². The van der Waals surface area contributed by atoms with Crippen LogP contribution in [0, 0.1) is 0 Å². The molecule has 1 aromatic heterocycles. The van der Waals surface area contributed by atoms with E-state index in [9.17, 15) is 22.8 Å². The van der Waals surface area contributed by atoms with E-state index in [0.29, 0.717) is 11.5 Å². The van der Waals surface area contributed by atoms with Gasteiger partial charge in [-0.25, -0.2) is 9.69 Å². The third-order valence-corrected chi connectivity index (χ3v) is 4.00. The summed E-state index contributed by atoms with van der Waals surface area (Å²) in [6, 6.07) is 14.1. The normalized spacial score (nSPS) is 10.8. The fraction of sp³-hybridized carbons (Fsp3) is 0.0952. The van der Waals surface area contributed by atoms with E-state index in [-0.39, 0.29) is 27.9 Å². The zero-order valence-corrected chi connectivity index (χ0v) is 16.2. The highest BCUT2D eigenvalue weighted by molar-refractivity contribution is 6.02. The van der Waals surface area contributed by atoms with Crippen molar-refractivity contribution in [2.75, 3.05) is 17.3 Å². The molecule has 3 aromatic rings. The molecule has 0 unspecified atom stereocenters. The van der Waals surface area contributed by atoms with E-state index < -0.39 is 12.3 Å². The number of aromatic nitrogens is 1. The molecule has 1 heterocycles. The van der Waals surface area contributed by atoms with Gasteiger partial charge >= 0.3 is 12.3 Å². The summed E-state index contributed by atoms with van der Waals surface area (Å²) in [5.74, 6) is 0.316. The molecule has 0 fully saturated rings. The topological polar surface area (TPSA) is 83.6 Å². The third kappa shape index (κ3) is 5.50. The van der Waals surface area contributed by atoms with Crippen LogP contribution in [0.25, 0.3) is 0 Å². The Kier molecular flexibility index (Phi) is 6.39. The summed E-state index contributed by atoms with van der Waals surface area (Å²) in [6.45, 7) is 0. The van der Waals surface area contributed by atoms with E-state index in [4.69, 9.17) is 4.74 Å². The first-order chi connectivity index (χ1) is 14.8. The number of para-hydroxylation sites is 1. The van der Waals surface area contributed by atoms with Gasteiger partial charge in [0.1, 0.15) is 17.2 Å². The molecule has 0 aliphatic carbocycles. The van der Waals surface area contributed by atoms with Gasteiger partial charge in [-0.05, 0) is 42.5 Å². The highest BCUT2D eigenvalue weighted by Gasteiger charge is 2.42. The third-order valence-electron chi connectivity index (χ3n) is 4.00. The van der Waals surface area contributed by atoms with Crippen LogP contribution < -0.4 is 20.3 Å². The lowest BCUT2D eigenvalue weighted by molar-refractivity contribution is -0.120. The van der Waals surface area contributed by atoms with Gasteiger partial charge in [-0.15, -0.1) is 13.2 Å². The summed E-state index contributed by atoms with van der Waals surface area (Å²) in [6.07, 6.45) is -3.50. The van der Waals surface area contributed by atoms with Crippen LogP contribution >= 0.6 is 0 Å². The number of hydrogen-bond donors (Lipinski definition) is 2. The second-order valence-corrected chi connectivity index (χ2v) is 6.15. The van der Waals surface area contributed by atoms with Crippen LogP contribution in [-0.2, 0) is 0 Å². The van der Waals surface area contributed by atoms with Crippen molar-refractivity contribution >= 4 is 23.3 Å². The molecule has 0 spiro atoms. The Balaban J connectivity index is 1.71. The first kappa shape index (κ1) is 21.6. The maximum absolute atomic E-state index is 13.4. The fourth-order valence-corrected chi connectivity index (χ4v) is 2.60. The Morgan fingerprint density at radius 3 is 2.26 bits per heavy atom. The van der Waals surface area contributed by atoms with Crippen LogP contribution in [0.1, 0.15) is 10.5 Å². The van der Waals surface area contributed by atoms with Crippen molar-refractivity contribution in [2.24, 2.45) is 0 Å². The Morgan fingerprint density at radius 2 is 1.65 bits per heavy atom. The van der Waals surface area contributed by atoms with Gasteiger partial charge in [0.05, 0.1) is 5.69 Å². The van der Waals surface area contributed by atoms with Crippen molar-refractivity contribution in [3.8, 4) is 11.5 Å². The van der Waals surface area contributed by atoms with Crippen LogP contribution in [0.4, 0.5) is 29.3 Å². The second-order valence-electron chi connectivity index (χ2n) is 6.15. The first-order valence-corrected chi connectivity index (χ1v) is 8.97. The molecule has 0 radical (unpaired) electrons. The largest absolute Gasteiger partial charge is 0.493 e. The van der Waals surface area contributed by atoms with Gasteiger partial charge in [-0.3, -0.25) is 9.78 Å². The quantitative estimate of drug-likeness (QED) is 0.570. The van der Waals surface area contributed by atoms with Crippen molar-refractivity contribution in [1.82, 2.24) is 10.3 Å². The summed E-state index contributed by atoms with van der Waals surface area (Å²) >= 11 is 0. The van der Waals surface area contributed by atoms with Crippen molar-refractivity contribution in [3.63, 3.8) is 0 Å². The lowest BCUT2D eigenvalue weighted by Crippen LogP contribution is -2.45. The number of anilines is 2. The van der Waals surface area contributed by atoms with Crippen LogP contribution in [0.5, 0.6) is 11.5 Å². The molecule has 0 atom stereocenters. The van der Waals surface area contributed by atoms with Gasteiger partial charge in [0.25, 0.3) is 5.91 Å². The number of benzene rings is 2. The summed E-state index contributed by atoms with van der Waals surface area (Å²) < 4.78 is 45.8. The van der Waals surface area contributed by atoms with E-state index in [1.54, 1.807) is 12.1 Å².